The van der Waals surface area contributed by atoms with Gasteiger partial charge in [0.15, 0.2) is 0 Å². The molecular formula is C13H20N2OS. The Morgan fingerprint density at radius 3 is 3.00 bits per heavy atom. The number of hydrogen-bond donors (Lipinski definition) is 1. The van der Waals surface area contributed by atoms with Crippen LogP contribution >= 0.6 is 11.8 Å². The molecule has 1 unspecified atom stereocenters. The van der Waals surface area contributed by atoms with Crippen LogP contribution in [0.5, 0.6) is 0 Å². The smallest absolute Gasteiger partial charge is 0.101 e. The largest absolute Gasteiger partial charge is 0.377 e. The van der Waals surface area contributed by atoms with Gasteiger partial charge in [0.2, 0.25) is 0 Å². The van der Waals surface area contributed by atoms with E-state index in [0.717, 1.165) is 23.1 Å². The number of nitrogens with zero attached hydrogens (tertiary/aromatic N) is 1. The Kier molecular flexibility index (Phi) is 4.42. The van der Waals surface area contributed by atoms with Crippen molar-refractivity contribution in [1.29, 1.82) is 0 Å². The Hall–Kier alpha value is -0.580. The van der Waals surface area contributed by atoms with E-state index in [2.05, 4.69) is 18.0 Å². The lowest BCUT2D eigenvalue weighted by molar-refractivity contribution is 0.129. The molecule has 3 nitrogen and oxygen atoms in total. The first kappa shape index (κ1) is 12.9. The second-order valence-electron chi connectivity index (χ2n) is 4.51. The van der Waals surface area contributed by atoms with E-state index >= 15 is 0 Å². The van der Waals surface area contributed by atoms with Gasteiger partial charge in [-0.25, -0.2) is 4.98 Å². The van der Waals surface area contributed by atoms with Crippen LogP contribution in [-0.4, -0.2) is 23.4 Å². The van der Waals surface area contributed by atoms with Gasteiger partial charge in [0.05, 0.1) is 6.10 Å². The van der Waals surface area contributed by atoms with Crippen LogP contribution < -0.4 is 5.73 Å². The van der Waals surface area contributed by atoms with Gasteiger partial charge < -0.3 is 10.5 Å². The second-order valence-corrected chi connectivity index (χ2v) is 5.52. The van der Waals surface area contributed by atoms with Crippen molar-refractivity contribution in [3.05, 3.63) is 22.9 Å². The normalized spacial score (nSPS) is 19.8. The third-order valence-corrected chi connectivity index (χ3v) is 4.22. The van der Waals surface area contributed by atoms with Crippen LogP contribution in [-0.2, 0) is 11.3 Å². The predicted molar refractivity (Wildman–Crippen MR) is 71.3 cm³/mol. The van der Waals surface area contributed by atoms with Crippen molar-refractivity contribution >= 4 is 11.8 Å². The molecule has 4 heteroatoms. The predicted octanol–water partition coefficient (Wildman–Crippen LogP) is 2.43. The summed E-state index contributed by atoms with van der Waals surface area (Å²) in [5.74, 6) is 0.989. The Morgan fingerprint density at radius 1 is 1.53 bits per heavy atom. The van der Waals surface area contributed by atoms with Crippen molar-refractivity contribution < 1.29 is 4.74 Å². The third kappa shape index (κ3) is 3.21. The fourth-order valence-corrected chi connectivity index (χ4v) is 3.38. The van der Waals surface area contributed by atoms with Crippen LogP contribution in [0.2, 0.25) is 0 Å². The Labute approximate surface area is 107 Å². The number of thioether (sulfide) groups is 1. The number of pyridine rings is 1. The minimum atomic E-state index is 0.397. The number of aromatic nitrogens is 1. The van der Waals surface area contributed by atoms with Gasteiger partial charge in [-0.05, 0) is 38.3 Å². The van der Waals surface area contributed by atoms with E-state index in [1.807, 2.05) is 6.92 Å². The maximum absolute atomic E-state index is 5.80. The summed E-state index contributed by atoms with van der Waals surface area (Å²) in [7, 11) is 0. The molecule has 0 spiro atoms. The first-order valence-corrected chi connectivity index (χ1v) is 7.11. The zero-order valence-electron chi connectivity index (χ0n) is 10.5. The van der Waals surface area contributed by atoms with Crippen LogP contribution in [0.3, 0.4) is 0 Å². The molecule has 0 aliphatic carbocycles. The fourth-order valence-electron chi connectivity index (χ4n) is 2.14. The molecule has 0 radical (unpaired) electrons. The molecule has 1 saturated heterocycles. The van der Waals surface area contributed by atoms with E-state index in [1.54, 1.807) is 11.8 Å². The van der Waals surface area contributed by atoms with Crippen LogP contribution in [0, 0.1) is 13.8 Å². The monoisotopic (exact) mass is 252 g/mol. The fraction of sp³-hybridized carbons (Fsp3) is 0.615. The summed E-state index contributed by atoms with van der Waals surface area (Å²) in [4.78, 5) is 4.59. The molecule has 0 saturated carbocycles. The van der Waals surface area contributed by atoms with Gasteiger partial charge >= 0.3 is 0 Å². The molecule has 1 atom stereocenters. The van der Waals surface area contributed by atoms with E-state index in [1.165, 1.54) is 24.0 Å². The first-order chi connectivity index (χ1) is 8.20. The van der Waals surface area contributed by atoms with E-state index in [-0.39, 0.29) is 0 Å². The lowest BCUT2D eigenvalue weighted by Crippen LogP contribution is -2.10. The van der Waals surface area contributed by atoms with Crippen molar-refractivity contribution in [2.75, 3.05) is 12.4 Å². The van der Waals surface area contributed by atoms with Gasteiger partial charge in [-0.15, -0.1) is 11.8 Å². The minimum absolute atomic E-state index is 0.397. The van der Waals surface area contributed by atoms with Gasteiger partial charge in [0.1, 0.15) is 5.03 Å². The third-order valence-electron chi connectivity index (χ3n) is 3.07. The summed E-state index contributed by atoms with van der Waals surface area (Å²) in [6.45, 7) is 5.61. The second kappa shape index (κ2) is 5.85. The summed E-state index contributed by atoms with van der Waals surface area (Å²) in [5, 5.41) is 1.08. The van der Waals surface area contributed by atoms with Crippen molar-refractivity contribution in [3.63, 3.8) is 0 Å². The first-order valence-electron chi connectivity index (χ1n) is 6.12. The van der Waals surface area contributed by atoms with Crippen molar-refractivity contribution in [3.8, 4) is 0 Å². The van der Waals surface area contributed by atoms with Crippen LogP contribution in [0.25, 0.3) is 0 Å². The van der Waals surface area contributed by atoms with Crippen LogP contribution in [0.15, 0.2) is 11.1 Å². The van der Waals surface area contributed by atoms with E-state index in [0.29, 0.717) is 12.6 Å². The molecule has 1 aromatic rings. The lowest BCUT2D eigenvalue weighted by atomic mass is 10.1. The molecule has 1 fully saturated rings. The summed E-state index contributed by atoms with van der Waals surface area (Å²) in [6.07, 6.45) is 2.76. The Balaban J connectivity index is 2.07. The summed E-state index contributed by atoms with van der Waals surface area (Å²) in [5.41, 5.74) is 9.29. The van der Waals surface area contributed by atoms with Gasteiger partial charge in [-0.1, -0.05) is 0 Å². The van der Waals surface area contributed by atoms with E-state index in [4.69, 9.17) is 10.5 Å². The Morgan fingerprint density at radius 2 is 2.35 bits per heavy atom. The van der Waals surface area contributed by atoms with Crippen molar-refractivity contribution in [2.45, 2.75) is 44.4 Å². The molecule has 1 aliphatic rings. The SMILES string of the molecule is Cc1cc(C)c(CN)c(SCC2CCCO2)n1. The summed E-state index contributed by atoms with van der Waals surface area (Å²) < 4.78 is 5.63. The molecule has 2 heterocycles. The molecular weight excluding hydrogens is 232 g/mol. The number of rotatable bonds is 4. The van der Waals surface area contributed by atoms with Gasteiger partial charge in [-0.3, -0.25) is 0 Å². The average Bonchev–Trinajstić information content (AvgIpc) is 2.78. The van der Waals surface area contributed by atoms with Crippen LogP contribution in [0.1, 0.15) is 29.7 Å². The Bertz CT molecular complexity index is 389. The highest BCUT2D eigenvalue weighted by atomic mass is 32.2. The van der Waals surface area contributed by atoms with Crippen LogP contribution in [0.4, 0.5) is 0 Å². The topological polar surface area (TPSA) is 48.1 Å². The lowest BCUT2D eigenvalue weighted by Gasteiger charge is -2.13. The zero-order valence-corrected chi connectivity index (χ0v) is 11.3. The molecule has 1 aromatic heterocycles. The molecule has 94 valence electrons. The molecule has 17 heavy (non-hydrogen) atoms. The number of ether oxygens (including phenoxy) is 1. The summed E-state index contributed by atoms with van der Waals surface area (Å²) >= 11 is 1.78. The molecule has 1 aliphatic heterocycles. The highest BCUT2D eigenvalue weighted by molar-refractivity contribution is 7.99. The molecule has 0 aromatic carbocycles. The molecule has 2 rings (SSSR count). The quantitative estimate of drug-likeness (QED) is 0.836. The maximum atomic E-state index is 5.80. The van der Waals surface area contributed by atoms with E-state index in [9.17, 15) is 0 Å². The average molecular weight is 252 g/mol. The number of aryl methyl sites for hydroxylation is 2. The molecule has 0 bridgehead atoms. The molecule has 2 N–H and O–H groups in total. The van der Waals surface area contributed by atoms with Crippen molar-refractivity contribution in [2.24, 2.45) is 5.73 Å². The maximum Gasteiger partial charge on any atom is 0.101 e. The standard InChI is InChI=1S/C13H20N2OS/c1-9-6-10(2)15-13(12(9)7-14)17-8-11-4-3-5-16-11/h6,11H,3-5,7-8,14H2,1-2H3. The van der Waals surface area contributed by atoms with E-state index < -0.39 is 0 Å². The minimum Gasteiger partial charge on any atom is -0.377 e. The van der Waals surface area contributed by atoms with Gasteiger partial charge in [0.25, 0.3) is 0 Å². The van der Waals surface area contributed by atoms with Crippen molar-refractivity contribution in [1.82, 2.24) is 4.98 Å². The van der Waals surface area contributed by atoms with Gasteiger partial charge in [0, 0.05) is 30.2 Å². The number of hydrogen-bond acceptors (Lipinski definition) is 4. The molecule has 0 amide bonds. The summed E-state index contributed by atoms with van der Waals surface area (Å²) in [6, 6.07) is 2.10. The highest BCUT2D eigenvalue weighted by Gasteiger charge is 2.17. The number of nitrogens with two attached hydrogens (primary N) is 1. The zero-order chi connectivity index (χ0) is 12.3. The van der Waals surface area contributed by atoms with Gasteiger partial charge in [-0.2, -0.15) is 0 Å². The highest BCUT2D eigenvalue weighted by Crippen LogP contribution is 2.27.